The van der Waals surface area contributed by atoms with Crippen molar-refractivity contribution in [2.24, 2.45) is 5.11 Å². The smallest absolute Gasteiger partial charge is 0.220 e. The van der Waals surface area contributed by atoms with Crippen molar-refractivity contribution in [3.63, 3.8) is 0 Å². The molecule has 0 bridgehead atoms. The van der Waals surface area contributed by atoms with Crippen molar-refractivity contribution < 1.29 is 9.53 Å². The van der Waals surface area contributed by atoms with Crippen molar-refractivity contribution in [1.29, 1.82) is 0 Å². The second kappa shape index (κ2) is 14.5. The maximum absolute atomic E-state index is 11.8. The molecule has 0 radical (unpaired) electrons. The Morgan fingerprint density at radius 2 is 1.88 bits per heavy atom. The minimum Gasteiger partial charge on any atom is -0.379 e. The summed E-state index contributed by atoms with van der Waals surface area (Å²) in [6.45, 7) is 3.00. The molecule has 0 saturated carbocycles. The molecule has 0 aliphatic rings. The summed E-state index contributed by atoms with van der Waals surface area (Å²) in [7, 11) is 0. The average Bonchev–Trinajstić information content (AvgIpc) is 2.66. The van der Waals surface area contributed by atoms with E-state index in [4.69, 9.17) is 33.5 Å². The van der Waals surface area contributed by atoms with E-state index >= 15 is 0 Å². The Kier molecular flexibility index (Phi) is 12.5. The molecule has 0 saturated heterocycles. The Morgan fingerprint density at radius 3 is 2.50 bits per heavy atom. The molecule has 0 unspecified atom stereocenters. The lowest BCUT2D eigenvalue weighted by Crippen LogP contribution is -2.28. The lowest BCUT2D eigenvalue weighted by atomic mass is 10.1. The average molecular weight is 402 g/mol. The monoisotopic (exact) mass is 401 g/mol. The number of amides is 1. The number of hydrogen-bond donors (Lipinski definition) is 1. The first kappa shape index (κ1) is 22.4. The topological polar surface area (TPSA) is 90.3 Å². The van der Waals surface area contributed by atoms with Crippen molar-refractivity contribution in [2.75, 3.05) is 56.1 Å². The van der Waals surface area contributed by atoms with Crippen LogP contribution in [0.3, 0.4) is 0 Å². The highest BCUT2D eigenvalue weighted by molar-refractivity contribution is 6.18. The predicted octanol–water partition coefficient (Wildman–Crippen LogP) is 3.35. The van der Waals surface area contributed by atoms with Crippen molar-refractivity contribution >= 4 is 34.8 Å². The molecule has 144 valence electrons. The third-order valence-corrected chi connectivity index (χ3v) is 3.96. The zero-order chi connectivity index (χ0) is 19.0. The van der Waals surface area contributed by atoms with Gasteiger partial charge in [0.25, 0.3) is 0 Å². The number of nitrogens with one attached hydrogen (secondary N) is 1. The van der Waals surface area contributed by atoms with E-state index < -0.39 is 0 Å². The van der Waals surface area contributed by atoms with E-state index in [1.165, 1.54) is 0 Å². The van der Waals surface area contributed by atoms with E-state index in [1.807, 2.05) is 24.3 Å². The number of hydrogen-bond acceptors (Lipinski definition) is 4. The molecule has 9 heteroatoms. The van der Waals surface area contributed by atoms with Gasteiger partial charge in [0.15, 0.2) is 0 Å². The number of alkyl halides is 2. The summed E-state index contributed by atoms with van der Waals surface area (Å²) < 4.78 is 5.22. The zero-order valence-corrected chi connectivity index (χ0v) is 16.3. The van der Waals surface area contributed by atoms with Crippen LogP contribution < -0.4 is 10.2 Å². The number of rotatable bonds is 14. The van der Waals surface area contributed by atoms with Crippen LogP contribution in [0.1, 0.15) is 12.0 Å². The number of nitrogens with zero attached hydrogens (tertiary/aromatic N) is 4. The van der Waals surface area contributed by atoms with Crippen molar-refractivity contribution in [3.05, 3.63) is 40.3 Å². The molecule has 1 N–H and O–H groups in total. The van der Waals surface area contributed by atoms with Gasteiger partial charge in [-0.1, -0.05) is 17.2 Å². The highest BCUT2D eigenvalue weighted by Gasteiger charge is 2.06. The standard InChI is InChI=1S/C17H25Cl2N5O2/c18-7-11-24(12-8-19)16-4-1-15(2-5-16)3-6-17(25)21-9-13-26-14-10-22-23-20/h1-2,4-5H,3,6-14H2,(H,21,25). The van der Waals surface area contributed by atoms with Gasteiger partial charge >= 0.3 is 0 Å². The largest absolute Gasteiger partial charge is 0.379 e. The van der Waals surface area contributed by atoms with Gasteiger partial charge in [-0.25, -0.2) is 0 Å². The molecule has 0 aliphatic heterocycles. The molecule has 0 fully saturated rings. The summed E-state index contributed by atoms with van der Waals surface area (Å²) in [5.74, 6) is 1.08. The quantitative estimate of drug-likeness (QED) is 0.170. The molecular weight excluding hydrogens is 377 g/mol. The van der Waals surface area contributed by atoms with Gasteiger partial charge in [0.05, 0.1) is 13.2 Å². The van der Waals surface area contributed by atoms with Gasteiger partial charge in [-0.2, -0.15) is 0 Å². The highest BCUT2D eigenvalue weighted by Crippen LogP contribution is 2.16. The maximum atomic E-state index is 11.8. The molecule has 26 heavy (non-hydrogen) atoms. The van der Waals surface area contributed by atoms with Gasteiger partial charge in [0.1, 0.15) is 0 Å². The molecule has 1 amide bonds. The second-order valence-corrected chi connectivity index (χ2v) is 6.20. The maximum Gasteiger partial charge on any atom is 0.220 e. The van der Waals surface area contributed by atoms with Crippen LogP contribution in [0.4, 0.5) is 5.69 Å². The number of azide groups is 1. The molecule has 1 rings (SSSR count). The van der Waals surface area contributed by atoms with E-state index in [9.17, 15) is 4.79 Å². The zero-order valence-electron chi connectivity index (χ0n) is 14.7. The third kappa shape index (κ3) is 9.73. The molecule has 0 atom stereocenters. The van der Waals surface area contributed by atoms with E-state index in [1.54, 1.807) is 0 Å². The Labute approximate surface area is 164 Å². The fourth-order valence-electron chi connectivity index (χ4n) is 2.31. The highest BCUT2D eigenvalue weighted by atomic mass is 35.5. The lowest BCUT2D eigenvalue weighted by molar-refractivity contribution is -0.121. The van der Waals surface area contributed by atoms with Gasteiger partial charge in [0, 0.05) is 55.0 Å². The first-order valence-electron chi connectivity index (χ1n) is 8.52. The number of carbonyl (C=O) groups excluding carboxylic acids is 1. The van der Waals surface area contributed by atoms with E-state index in [-0.39, 0.29) is 5.91 Å². The van der Waals surface area contributed by atoms with E-state index in [0.29, 0.717) is 50.9 Å². The van der Waals surface area contributed by atoms with Crippen LogP contribution in [-0.2, 0) is 16.0 Å². The van der Waals surface area contributed by atoms with Gasteiger partial charge in [-0.15, -0.1) is 23.2 Å². The fourth-order valence-corrected chi connectivity index (χ4v) is 2.72. The van der Waals surface area contributed by atoms with Gasteiger partial charge in [0.2, 0.25) is 5.91 Å². The number of carbonyl (C=O) groups is 1. The molecular formula is C17H25Cl2N5O2. The van der Waals surface area contributed by atoms with E-state index in [2.05, 4.69) is 20.2 Å². The molecule has 0 heterocycles. The van der Waals surface area contributed by atoms with Gasteiger partial charge in [-0.05, 0) is 29.6 Å². The van der Waals surface area contributed by atoms with Crippen LogP contribution in [-0.4, -0.2) is 57.1 Å². The number of benzene rings is 1. The molecule has 1 aromatic rings. The summed E-state index contributed by atoms with van der Waals surface area (Å²) in [5, 5.41) is 6.16. The predicted molar refractivity (Wildman–Crippen MR) is 106 cm³/mol. The van der Waals surface area contributed by atoms with Crippen LogP contribution in [0.15, 0.2) is 29.4 Å². The van der Waals surface area contributed by atoms with Crippen LogP contribution >= 0.6 is 23.2 Å². The minimum atomic E-state index is -0.0152. The number of aryl methyl sites for hydroxylation is 1. The van der Waals surface area contributed by atoms with Crippen molar-refractivity contribution in [1.82, 2.24) is 5.32 Å². The number of ether oxygens (including phenoxy) is 1. The first-order chi connectivity index (χ1) is 12.7. The first-order valence-corrected chi connectivity index (χ1v) is 9.59. The summed E-state index contributed by atoms with van der Waals surface area (Å²) in [6.07, 6.45) is 1.10. The molecule has 0 aliphatic carbocycles. The summed E-state index contributed by atoms with van der Waals surface area (Å²) >= 11 is 11.6. The Hall–Kier alpha value is -1.66. The molecule has 1 aromatic carbocycles. The second-order valence-electron chi connectivity index (χ2n) is 5.45. The van der Waals surface area contributed by atoms with E-state index in [0.717, 1.165) is 24.3 Å². The number of halogens is 2. The van der Waals surface area contributed by atoms with Gasteiger partial charge in [-0.3, -0.25) is 4.79 Å². The SMILES string of the molecule is [N-]=[N+]=NCCOCCNC(=O)CCc1ccc(N(CCCl)CCCl)cc1. The normalized spacial score (nSPS) is 10.2. The lowest BCUT2D eigenvalue weighted by Gasteiger charge is -2.23. The van der Waals surface area contributed by atoms with Crippen LogP contribution in [0.2, 0.25) is 0 Å². The fraction of sp³-hybridized carbons (Fsp3) is 0.588. The molecule has 0 aromatic heterocycles. The molecule has 0 spiro atoms. The van der Waals surface area contributed by atoms with Crippen molar-refractivity contribution in [3.8, 4) is 0 Å². The van der Waals surface area contributed by atoms with Crippen LogP contribution in [0.5, 0.6) is 0 Å². The minimum absolute atomic E-state index is 0.0152. The Morgan fingerprint density at radius 1 is 1.19 bits per heavy atom. The Balaban J connectivity index is 2.27. The van der Waals surface area contributed by atoms with Crippen LogP contribution in [0.25, 0.3) is 10.4 Å². The third-order valence-electron chi connectivity index (χ3n) is 3.62. The Bertz CT molecular complexity index is 559. The molecule has 7 nitrogen and oxygen atoms in total. The van der Waals surface area contributed by atoms with Crippen molar-refractivity contribution in [2.45, 2.75) is 12.8 Å². The van der Waals surface area contributed by atoms with Crippen LogP contribution in [0, 0.1) is 0 Å². The summed E-state index contributed by atoms with van der Waals surface area (Å²) in [5.41, 5.74) is 10.3. The summed E-state index contributed by atoms with van der Waals surface area (Å²) in [4.78, 5) is 16.6. The number of anilines is 1. The summed E-state index contributed by atoms with van der Waals surface area (Å²) in [6, 6.07) is 8.11. The van der Waals surface area contributed by atoms with Gasteiger partial charge < -0.3 is 15.0 Å².